The average molecular weight is 246 g/mol. The van der Waals surface area contributed by atoms with E-state index in [1.54, 1.807) is 0 Å². The Hall–Kier alpha value is -1.35. The summed E-state index contributed by atoms with van der Waals surface area (Å²) in [6.07, 6.45) is 0.430. The van der Waals surface area contributed by atoms with Gasteiger partial charge in [0.1, 0.15) is 0 Å². The minimum Gasteiger partial charge on any atom is -0.325 e. The molecule has 1 atom stereocenters. The van der Waals surface area contributed by atoms with Crippen LogP contribution in [0.1, 0.15) is 45.6 Å². The molecule has 1 saturated heterocycles. The van der Waals surface area contributed by atoms with Gasteiger partial charge in [-0.3, -0.25) is 4.79 Å². The first-order valence-electron chi connectivity index (χ1n) is 6.53. The standard InChI is InChI=1S/C15H22N2O/c1-10(2)11-7-5-6-8-12(11)17-14(18)9-13(16)15(17,3)4/h5-8,10,13H,9,16H2,1-4H3. The van der Waals surface area contributed by atoms with Crippen molar-refractivity contribution in [2.45, 2.75) is 51.6 Å². The maximum absolute atomic E-state index is 12.2. The smallest absolute Gasteiger partial charge is 0.229 e. The lowest BCUT2D eigenvalue weighted by Gasteiger charge is -2.36. The fourth-order valence-electron chi connectivity index (χ4n) is 2.64. The molecule has 0 aliphatic carbocycles. The van der Waals surface area contributed by atoms with Crippen molar-refractivity contribution in [3.8, 4) is 0 Å². The number of hydrogen-bond acceptors (Lipinski definition) is 2. The molecule has 2 rings (SSSR count). The summed E-state index contributed by atoms with van der Waals surface area (Å²) in [4.78, 5) is 14.1. The van der Waals surface area contributed by atoms with E-state index < -0.39 is 0 Å². The van der Waals surface area contributed by atoms with Crippen LogP contribution in [-0.2, 0) is 4.79 Å². The summed E-state index contributed by atoms with van der Waals surface area (Å²) in [5.41, 5.74) is 7.99. The van der Waals surface area contributed by atoms with Gasteiger partial charge >= 0.3 is 0 Å². The molecule has 1 fully saturated rings. The van der Waals surface area contributed by atoms with E-state index in [2.05, 4.69) is 19.9 Å². The van der Waals surface area contributed by atoms with Crippen molar-refractivity contribution >= 4 is 11.6 Å². The van der Waals surface area contributed by atoms with Gasteiger partial charge in [0.2, 0.25) is 5.91 Å². The van der Waals surface area contributed by atoms with Crippen molar-refractivity contribution in [3.63, 3.8) is 0 Å². The summed E-state index contributed by atoms with van der Waals surface area (Å²) in [5.74, 6) is 0.516. The predicted molar refractivity (Wildman–Crippen MR) is 74.7 cm³/mol. The van der Waals surface area contributed by atoms with E-state index in [1.807, 2.05) is 36.9 Å². The summed E-state index contributed by atoms with van der Waals surface area (Å²) in [6, 6.07) is 8.01. The zero-order valence-electron chi connectivity index (χ0n) is 11.6. The molecule has 3 heteroatoms. The fraction of sp³-hybridized carbons (Fsp3) is 0.533. The lowest BCUT2D eigenvalue weighted by Crippen LogP contribution is -2.50. The van der Waals surface area contributed by atoms with Gasteiger partial charge in [0.05, 0.1) is 5.54 Å². The fourth-order valence-corrected chi connectivity index (χ4v) is 2.64. The number of anilines is 1. The third kappa shape index (κ3) is 1.93. The monoisotopic (exact) mass is 246 g/mol. The number of rotatable bonds is 2. The summed E-state index contributed by atoms with van der Waals surface area (Å²) in [7, 11) is 0. The molecule has 1 heterocycles. The number of hydrogen-bond donors (Lipinski definition) is 1. The van der Waals surface area contributed by atoms with E-state index in [9.17, 15) is 4.79 Å². The van der Waals surface area contributed by atoms with E-state index in [-0.39, 0.29) is 17.5 Å². The normalized spacial score (nSPS) is 22.9. The number of nitrogens with two attached hydrogens (primary N) is 1. The zero-order valence-corrected chi connectivity index (χ0v) is 11.6. The van der Waals surface area contributed by atoms with Crippen LogP contribution in [0.4, 0.5) is 5.69 Å². The maximum Gasteiger partial charge on any atom is 0.229 e. The maximum atomic E-state index is 12.2. The highest BCUT2D eigenvalue weighted by Crippen LogP contribution is 2.37. The van der Waals surface area contributed by atoms with Gasteiger partial charge in [-0.1, -0.05) is 32.0 Å². The summed E-state index contributed by atoms with van der Waals surface area (Å²) >= 11 is 0. The molecule has 18 heavy (non-hydrogen) atoms. The van der Waals surface area contributed by atoms with Gasteiger partial charge in [0, 0.05) is 18.2 Å². The number of benzene rings is 1. The number of amides is 1. The second-order valence-corrected chi connectivity index (χ2v) is 5.91. The first kappa shape index (κ1) is 13.1. The molecule has 98 valence electrons. The minimum atomic E-state index is -0.317. The molecule has 1 aliphatic heterocycles. The zero-order chi connectivity index (χ0) is 13.5. The van der Waals surface area contributed by atoms with Gasteiger partial charge in [0.25, 0.3) is 0 Å². The molecule has 2 N–H and O–H groups in total. The van der Waals surface area contributed by atoms with Crippen molar-refractivity contribution in [3.05, 3.63) is 29.8 Å². The molecule has 1 amide bonds. The third-order valence-electron chi connectivity index (χ3n) is 3.93. The summed E-state index contributed by atoms with van der Waals surface area (Å²) in [5, 5.41) is 0. The third-order valence-corrected chi connectivity index (χ3v) is 3.93. The highest BCUT2D eigenvalue weighted by Gasteiger charge is 2.45. The van der Waals surface area contributed by atoms with Crippen LogP contribution in [0.2, 0.25) is 0 Å². The number of nitrogens with zero attached hydrogens (tertiary/aromatic N) is 1. The van der Waals surface area contributed by atoms with Crippen LogP contribution in [0.3, 0.4) is 0 Å². The Balaban J connectivity index is 2.52. The van der Waals surface area contributed by atoms with Crippen LogP contribution in [0.25, 0.3) is 0 Å². The van der Waals surface area contributed by atoms with Crippen molar-refractivity contribution in [1.82, 2.24) is 0 Å². The first-order chi connectivity index (χ1) is 8.35. The Kier molecular flexibility index (Phi) is 3.20. The SMILES string of the molecule is CC(C)c1ccccc1N1C(=O)CC(N)C1(C)C. The highest BCUT2D eigenvalue weighted by atomic mass is 16.2. The van der Waals surface area contributed by atoms with E-state index in [4.69, 9.17) is 5.73 Å². The summed E-state index contributed by atoms with van der Waals surface area (Å²) < 4.78 is 0. The number of carbonyl (C=O) groups is 1. The molecule has 0 bridgehead atoms. The molecule has 1 unspecified atom stereocenters. The molecule has 1 aromatic rings. The summed E-state index contributed by atoms with van der Waals surface area (Å²) in [6.45, 7) is 8.37. The Morgan fingerprint density at radius 1 is 1.33 bits per heavy atom. The van der Waals surface area contributed by atoms with Crippen molar-refractivity contribution in [2.24, 2.45) is 5.73 Å². The molecule has 1 aliphatic rings. The largest absolute Gasteiger partial charge is 0.325 e. The molecular formula is C15H22N2O. The molecule has 0 spiro atoms. The molecule has 0 saturated carbocycles. The van der Waals surface area contributed by atoms with Crippen molar-refractivity contribution < 1.29 is 4.79 Å². The van der Waals surface area contributed by atoms with Crippen LogP contribution in [0, 0.1) is 0 Å². The Labute approximate surface area is 109 Å². The number of para-hydroxylation sites is 1. The Morgan fingerprint density at radius 3 is 2.44 bits per heavy atom. The Morgan fingerprint density at radius 2 is 1.94 bits per heavy atom. The second-order valence-electron chi connectivity index (χ2n) is 5.91. The van der Waals surface area contributed by atoms with Crippen molar-refractivity contribution in [2.75, 3.05) is 4.90 Å². The van der Waals surface area contributed by atoms with E-state index in [0.717, 1.165) is 5.69 Å². The Bertz CT molecular complexity index is 465. The van der Waals surface area contributed by atoms with Crippen molar-refractivity contribution in [1.29, 1.82) is 0 Å². The van der Waals surface area contributed by atoms with Gasteiger partial charge in [0.15, 0.2) is 0 Å². The van der Waals surface area contributed by atoms with Crippen LogP contribution < -0.4 is 10.6 Å². The van der Waals surface area contributed by atoms with Crippen LogP contribution >= 0.6 is 0 Å². The van der Waals surface area contributed by atoms with Gasteiger partial charge in [-0.25, -0.2) is 0 Å². The van der Waals surface area contributed by atoms with E-state index in [1.165, 1.54) is 5.56 Å². The molecule has 0 radical (unpaired) electrons. The van der Waals surface area contributed by atoms with Crippen LogP contribution in [0.15, 0.2) is 24.3 Å². The van der Waals surface area contributed by atoms with E-state index in [0.29, 0.717) is 12.3 Å². The van der Waals surface area contributed by atoms with Gasteiger partial charge in [-0.2, -0.15) is 0 Å². The lowest BCUT2D eigenvalue weighted by molar-refractivity contribution is -0.117. The predicted octanol–water partition coefficient (Wildman–Crippen LogP) is 2.65. The highest BCUT2D eigenvalue weighted by molar-refractivity contribution is 5.99. The van der Waals surface area contributed by atoms with Gasteiger partial charge in [-0.05, 0) is 31.4 Å². The van der Waals surface area contributed by atoms with Gasteiger partial charge < -0.3 is 10.6 Å². The molecule has 0 aromatic heterocycles. The van der Waals surface area contributed by atoms with Crippen LogP contribution in [0.5, 0.6) is 0 Å². The van der Waals surface area contributed by atoms with E-state index >= 15 is 0 Å². The second kappa shape index (κ2) is 4.39. The first-order valence-corrected chi connectivity index (χ1v) is 6.53. The molecule has 3 nitrogen and oxygen atoms in total. The average Bonchev–Trinajstić information content (AvgIpc) is 2.48. The minimum absolute atomic E-state index is 0.106. The quantitative estimate of drug-likeness (QED) is 0.872. The lowest BCUT2D eigenvalue weighted by atomic mass is 9.94. The van der Waals surface area contributed by atoms with Crippen LogP contribution in [-0.4, -0.2) is 17.5 Å². The van der Waals surface area contributed by atoms with Gasteiger partial charge in [-0.15, -0.1) is 0 Å². The molecular weight excluding hydrogens is 224 g/mol. The molecule has 1 aromatic carbocycles. The topological polar surface area (TPSA) is 46.3 Å². The number of carbonyl (C=O) groups excluding carboxylic acids is 1.